The van der Waals surface area contributed by atoms with Gasteiger partial charge in [-0.05, 0) is 53.8 Å². The molecule has 3 atom stereocenters. The van der Waals surface area contributed by atoms with Crippen LogP contribution in [0.1, 0.15) is 35.1 Å². The van der Waals surface area contributed by atoms with Crippen LogP contribution in [0.2, 0.25) is 5.02 Å². The monoisotopic (exact) mass is 372 g/mol. The van der Waals surface area contributed by atoms with E-state index in [1.54, 1.807) is 14.2 Å². The molecule has 0 aliphatic carbocycles. The molecule has 26 heavy (non-hydrogen) atoms. The molecule has 4 nitrogen and oxygen atoms in total. The van der Waals surface area contributed by atoms with E-state index in [4.69, 9.17) is 26.8 Å². The molecule has 2 N–H and O–H groups in total. The molecule has 1 unspecified atom stereocenters. The average Bonchev–Trinajstić information content (AvgIpc) is 2.66. The van der Waals surface area contributed by atoms with Crippen molar-refractivity contribution in [1.82, 2.24) is 4.90 Å². The van der Waals surface area contributed by atoms with Gasteiger partial charge in [0.25, 0.3) is 0 Å². The highest BCUT2D eigenvalue weighted by Gasteiger charge is 2.38. The van der Waals surface area contributed by atoms with E-state index in [1.807, 2.05) is 12.1 Å². The predicted molar refractivity (Wildman–Crippen MR) is 104 cm³/mol. The van der Waals surface area contributed by atoms with Crippen LogP contribution in [-0.4, -0.2) is 38.3 Å². The summed E-state index contributed by atoms with van der Waals surface area (Å²) >= 11 is 6.20. The molecule has 2 aliphatic heterocycles. The van der Waals surface area contributed by atoms with Crippen molar-refractivity contribution in [2.75, 3.05) is 27.3 Å². The van der Waals surface area contributed by atoms with Gasteiger partial charge in [-0.3, -0.25) is 4.90 Å². The molecular formula is C21H25ClN2O2. The van der Waals surface area contributed by atoms with Crippen molar-refractivity contribution < 1.29 is 9.47 Å². The van der Waals surface area contributed by atoms with Gasteiger partial charge in [0.15, 0.2) is 11.5 Å². The van der Waals surface area contributed by atoms with Crippen molar-refractivity contribution in [3.63, 3.8) is 0 Å². The van der Waals surface area contributed by atoms with Crippen molar-refractivity contribution in [1.29, 1.82) is 0 Å². The number of nitrogens with two attached hydrogens (primary N) is 1. The number of benzene rings is 2. The zero-order valence-electron chi connectivity index (χ0n) is 15.2. The molecule has 0 saturated carbocycles. The fourth-order valence-corrected chi connectivity index (χ4v) is 4.67. The highest BCUT2D eigenvalue weighted by atomic mass is 35.5. The number of halogens is 1. The second kappa shape index (κ2) is 7.10. The number of hydrogen-bond acceptors (Lipinski definition) is 4. The van der Waals surface area contributed by atoms with E-state index >= 15 is 0 Å². The van der Waals surface area contributed by atoms with Crippen molar-refractivity contribution in [2.45, 2.75) is 30.8 Å². The lowest BCUT2D eigenvalue weighted by atomic mass is 9.78. The van der Waals surface area contributed by atoms with Gasteiger partial charge in [0.05, 0.1) is 14.2 Å². The van der Waals surface area contributed by atoms with Gasteiger partial charge in [-0.25, -0.2) is 0 Å². The number of nitrogens with zero attached hydrogens (tertiary/aromatic N) is 1. The molecule has 0 bridgehead atoms. The fourth-order valence-electron chi connectivity index (χ4n) is 4.47. The maximum atomic E-state index is 6.63. The van der Waals surface area contributed by atoms with Crippen LogP contribution in [0.15, 0.2) is 36.4 Å². The van der Waals surface area contributed by atoms with Gasteiger partial charge < -0.3 is 15.2 Å². The molecular weight excluding hydrogens is 348 g/mol. The smallest absolute Gasteiger partial charge is 0.161 e. The summed E-state index contributed by atoms with van der Waals surface area (Å²) in [5.74, 6) is 1.90. The number of rotatable bonds is 3. The van der Waals surface area contributed by atoms with Crippen LogP contribution in [-0.2, 0) is 6.42 Å². The van der Waals surface area contributed by atoms with Crippen LogP contribution < -0.4 is 15.2 Å². The van der Waals surface area contributed by atoms with Crippen LogP contribution in [0, 0.1) is 0 Å². The van der Waals surface area contributed by atoms with E-state index in [0.29, 0.717) is 12.0 Å². The first kappa shape index (κ1) is 17.7. The summed E-state index contributed by atoms with van der Waals surface area (Å²) in [5, 5.41) is 0.776. The fraction of sp³-hybridized carbons (Fsp3) is 0.429. The summed E-state index contributed by atoms with van der Waals surface area (Å²) < 4.78 is 11.0. The Hall–Kier alpha value is -1.75. The minimum Gasteiger partial charge on any atom is -0.493 e. The Labute approximate surface area is 159 Å². The summed E-state index contributed by atoms with van der Waals surface area (Å²) in [6.45, 7) is 2.00. The van der Waals surface area contributed by atoms with E-state index in [2.05, 4.69) is 29.2 Å². The molecule has 138 valence electrons. The molecule has 0 spiro atoms. The normalized spacial score (nSPS) is 25.3. The maximum Gasteiger partial charge on any atom is 0.161 e. The van der Waals surface area contributed by atoms with Crippen LogP contribution in [0.4, 0.5) is 0 Å². The Morgan fingerprint density at radius 3 is 2.62 bits per heavy atom. The highest BCUT2D eigenvalue weighted by Crippen LogP contribution is 2.44. The van der Waals surface area contributed by atoms with Crippen molar-refractivity contribution in [3.05, 3.63) is 58.1 Å². The lowest BCUT2D eigenvalue weighted by Gasteiger charge is -2.46. The van der Waals surface area contributed by atoms with Crippen LogP contribution in [0.5, 0.6) is 11.5 Å². The van der Waals surface area contributed by atoms with E-state index in [9.17, 15) is 0 Å². The first-order valence-electron chi connectivity index (χ1n) is 9.10. The highest BCUT2D eigenvalue weighted by molar-refractivity contribution is 6.30. The molecule has 0 amide bonds. The van der Waals surface area contributed by atoms with E-state index in [1.165, 1.54) is 16.7 Å². The van der Waals surface area contributed by atoms with Gasteiger partial charge in [0, 0.05) is 36.1 Å². The summed E-state index contributed by atoms with van der Waals surface area (Å²) in [5.41, 5.74) is 10.5. The first-order valence-corrected chi connectivity index (χ1v) is 9.48. The maximum absolute atomic E-state index is 6.63. The van der Waals surface area contributed by atoms with Crippen molar-refractivity contribution in [3.8, 4) is 11.5 Å². The second-order valence-corrected chi connectivity index (χ2v) is 7.66. The Bertz CT molecular complexity index is 811. The van der Waals surface area contributed by atoms with Crippen molar-refractivity contribution >= 4 is 11.6 Å². The van der Waals surface area contributed by atoms with Gasteiger partial charge in [-0.2, -0.15) is 0 Å². The van der Waals surface area contributed by atoms with Crippen LogP contribution in [0.3, 0.4) is 0 Å². The first-order chi connectivity index (χ1) is 12.6. The Balaban J connectivity index is 1.64. The molecule has 4 rings (SSSR count). The quantitative estimate of drug-likeness (QED) is 0.890. The van der Waals surface area contributed by atoms with E-state index in [0.717, 1.165) is 42.5 Å². The zero-order valence-corrected chi connectivity index (χ0v) is 16.0. The minimum atomic E-state index is 0.105. The molecule has 0 aromatic heterocycles. The topological polar surface area (TPSA) is 47.7 Å². The third-order valence-electron chi connectivity index (χ3n) is 5.83. The third-order valence-corrected chi connectivity index (χ3v) is 6.07. The van der Waals surface area contributed by atoms with Crippen molar-refractivity contribution in [2.24, 2.45) is 5.73 Å². The number of methoxy groups -OCH3 is 2. The second-order valence-electron chi connectivity index (χ2n) is 7.23. The summed E-state index contributed by atoms with van der Waals surface area (Å²) in [6, 6.07) is 12.8. The van der Waals surface area contributed by atoms with Gasteiger partial charge in [-0.1, -0.05) is 23.7 Å². The number of hydrogen-bond donors (Lipinski definition) is 1. The molecule has 2 aromatic carbocycles. The minimum absolute atomic E-state index is 0.105. The lowest BCUT2D eigenvalue weighted by Crippen LogP contribution is -2.49. The Morgan fingerprint density at radius 2 is 1.88 bits per heavy atom. The zero-order chi connectivity index (χ0) is 18.3. The molecule has 5 heteroatoms. The molecule has 2 heterocycles. The van der Waals surface area contributed by atoms with Crippen LogP contribution in [0.25, 0.3) is 0 Å². The van der Waals surface area contributed by atoms with Gasteiger partial charge in [-0.15, -0.1) is 0 Å². The molecule has 1 fully saturated rings. The Kier molecular flexibility index (Phi) is 4.82. The Morgan fingerprint density at radius 1 is 1.12 bits per heavy atom. The summed E-state index contributed by atoms with van der Waals surface area (Å²) in [7, 11) is 3.37. The standard InChI is InChI=1S/C21H25ClN2O2/c1-25-20-9-14-6-7-24-12-17(13-4-3-5-15(22)8-13)18(23)11-19(24)16(14)10-21(20)26-2/h3-5,8-10,17-19H,6-7,11-12,23H2,1-2H3/t17-,18+,19?/m1/s1. The lowest BCUT2D eigenvalue weighted by molar-refractivity contribution is 0.109. The molecule has 1 saturated heterocycles. The number of piperidine rings is 1. The third kappa shape index (κ3) is 3.07. The predicted octanol–water partition coefficient (Wildman–Crippen LogP) is 3.77. The van der Waals surface area contributed by atoms with Crippen LogP contribution >= 0.6 is 11.6 Å². The largest absolute Gasteiger partial charge is 0.493 e. The average molecular weight is 373 g/mol. The molecule has 2 aliphatic rings. The van der Waals surface area contributed by atoms with Gasteiger partial charge >= 0.3 is 0 Å². The number of fused-ring (bicyclic) bond motifs is 3. The van der Waals surface area contributed by atoms with E-state index in [-0.39, 0.29) is 6.04 Å². The molecule has 0 radical (unpaired) electrons. The van der Waals surface area contributed by atoms with E-state index < -0.39 is 0 Å². The summed E-state index contributed by atoms with van der Waals surface area (Å²) in [6.07, 6.45) is 1.95. The summed E-state index contributed by atoms with van der Waals surface area (Å²) in [4.78, 5) is 2.56. The SMILES string of the molecule is COc1cc2c(cc1OC)C1C[C@H](N)[C@@H](c3cccc(Cl)c3)CN1CC2. The van der Waals surface area contributed by atoms with Gasteiger partial charge in [0.2, 0.25) is 0 Å². The van der Waals surface area contributed by atoms with Gasteiger partial charge in [0.1, 0.15) is 0 Å². The molecule has 2 aromatic rings. The number of ether oxygens (including phenoxy) is 2.